The molecule has 0 fully saturated rings. The first kappa shape index (κ1) is 29.8. The first-order valence-corrected chi connectivity index (χ1v) is 20.9. The normalized spacial score (nSPS) is 14.7. The van der Waals surface area contributed by atoms with E-state index < -0.39 is 65.8 Å². The Morgan fingerprint density at radius 1 is 0.524 bits per heavy atom. The third-order valence-corrected chi connectivity index (χ3v) is 11.5. The summed E-state index contributed by atoms with van der Waals surface area (Å²) in [6.07, 6.45) is 1.85. The second kappa shape index (κ2) is 15.5. The fourth-order valence-corrected chi connectivity index (χ4v) is 8.40. The van der Waals surface area contributed by atoms with Crippen LogP contribution in [0, 0.1) is 0 Å². The highest BCUT2D eigenvalue weighted by atomic mass is 16.5. The summed E-state index contributed by atoms with van der Waals surface area (Å²) >= 11 is 0. The predicted molar refractivity (Wildman–Crippen MR) is 261 cm³/mol. The van der Waals surface area contributed by atoms with Crippen molar-refractivity contribution in [1.29, 1.82) is 0 Å². The number of hydrogen-bond donors (Lipinski definition) is 0. The molecule has 10 aromatic rings. The van der Waals surface area contributed by atoms with Crippen molar-refractivity contribution in [1.82, 2.24) is 18.7 Å². The third-order valence-electron chi connectivity index (χ3n) is 11.5. The molecule has 0 atom stereocenters. The molecule has 6 heteroatoms. The summed E-state index contributed by atoms with van der Waals surface area (Å²) in [6.45, 7) is 12.9. The van der Waals surface area contributed by atoms with E-state index in [0.717, 1.165) is 38.8 Å². The topological polar surface area (TPSA) is 49.3 Å². The standard InChI is InChI=1S/C57H51N5O/c1-56(2,3)40-31-32-59-53(35-40)61-49-26-15-14-23-47(49)48-30-29-43(37-52(48)61)63-44-34-41(57(4,5)6)33-42(36-44)60-50-27-16-17-28-51(50)62(55(60)58-7)54-45(38-19-10-8-11-20-38)24-18-25-46(54)39-21-12-9-13-22-39/h8-37H,1-7H3/i8D,9D,10D,11D,12D,13D,19D,20D,21D,22D. The molecule has 0 aliphatic heterocycles. The van der Waals surface area contributed by atoms with E-state index in [1.807, 2.05) is 71.4 Å². The van der Waals surface area contributed by atoms with E-state index in [1.165, 1.54) is 0 Å². The summed E-state index contributed by atoms with van der Waals surface area (Å²) in [5.74, 6) is 1.91. The maximum absolute atomic E-state index is 9.16. The molecule has 0 amide bonds. The van der Waals surface area contributed by atoms with Crippen LogP contribution in [0.3, 0.4) is 0 Å². The SMILES string of the molecule is [2H]c1c([2H])c([2H])c(-c2cccc(-c3c([2H])c([2H])c([2H])c([2H])c3[2H])c2-n2c(=NC)n(-c3cc(Oc4ccc5c6ccccc6n(-c6cc(C(C)(C)C)ccn6)c5c4)cc(C(C)(C)C)c3)c3ccccc32)c([2H])c1[2H]. The molecule has 3 aromatic heterocycles. The number of pyridine rings is 1. The number of hydrogen-bond acceptors (Lipinski definition) is 3. The highest BCUT2D eigenvalue weighted by molar-refractivity contribution is 6.09. The Labute approximate surface area is 383 Å². The average molecular weight is 832 g/mol. The van der Waals surface area contributed by atoms with Gasteiger partial charge in [0.1, 0.15) is 17.3 Å². The maximum Gasteiger partial charge on any atom is 0.215 e. The minimum Gasteiger partial charge on any atom is -0.457 e. The lowest BCUT2D eigenvalue weighted by Crippen LogP contribution is -2.25. The molecule has 10 rings (SSSR count). The monoisotopic (exact) mass is 831 g/mol. The quantitative estimate of drug-likeness (QED) is 0.161. The van der Waals surface area contributed by atoms with Gasteiger partial charge >= 0.3 is 0 Å². The van der Waals surface area contributed by atoms with Gasteiger partial charge in [0.05, 0.1) is 47.1 Å². The van der Waals surface area contributed by atoms with Crippen LogP contribution >= 0.6 is 0 Å². The number of rotatable bonds is 7. The molecule has 0 aliphatic rings. The highest BCUT2D eigenvalue weighted by Crippen LogP contribution is 2.40. The largest absolute Gasteiger partial charge is 0.457 e. The number of aromatic nitrogens is 4. The van der Waals surface area contributed by atoms with Gasteiger partial charge in [-0.05, 0) is 87.7 Å². The smallest absolute Gasteiger partial charge is 0.215 e. The van der Waals surface area contributed by atoms with Gasteiger partial charge in [-0.25, -0.2) is 4.98 Å². The Morgan fingerprint density at radius 3 is 1.76 bits per heavy atom. The van der Waals surface area contributed by atoms with Crippen LogP contribution in [0.4, 0.5) is 0 Å². The van der Waals surface area contributed by atoms with Crippen LogP contribution in [0.25, 0.3) is 72.3 Å². The minimum atomic E-state index is -0.572. The van der Waals surface area contributed by atoms with Gasteiger partial charge in [0.15, 0.2) is 0 Å². The maximum atomic E-state index is 9.16. The van der Waals surface area contributed by atoms with E-state index in [2.05, 4.69) is 82.5 Å². The Kier molecular flexibility index (Phi) is 7.31. The number of imidazole rings is 1. The molecule has 0 N–H and O–H groups in total. The van der Waals surface area contributed by atoms with Crippen LogP contribution in [0.15, 0.2) is 187 Å². The zero-order chi connectivity index (χ0) is 52.2. The van der Waals surface area contributed by atoms with Crippen molar-refractivity contribution in [3.63, 3.8) is 0 Å². The first-order chi connectivity index (χ1) is 34.6. The molecule has 0 bridgehead atoms. The zero-order valence-corrected chi connectivity index (χ0v) is 36.2. The number of fused-ring (bicyclic) bond motifs is 4. The lowest BCUT2D eigenvalue weighted by atomic mass is 9.86. The van der Waals surface area contributed by atoms with E-state index in [1.54, 1.807) is 29.8 Å². The summed E-state index contributed by atoms with van der Waals surface area (Å²) in [4.78, 5) is 9.78. The number of para-hydroxylation sites is 4. The fraction of sp³-hybridized carbons (Fsp3) is 0.158. The van der Waals surface area contributed by atoms with Gasteiger partial charge in [0, 0.05) is 47.3 Å². The molecule has 0 aliphatic carbocycles. The van der Waals surface area contributed by atoms with Crippen molar-refractivity contribution >= 4 is 32.8 Å². The van der Waals surface area contributed by atoms with Gasteiger partial charge in [-0.1, -0.05) is 150 Å². The lowest BCUT2D eigenvalue weighted by molar-refractivity contribution is 0.478. The van der Waals surface area contributed by atoms with Crippen molar-refractivity contribution in [2.24, 2.45) is 4.99 Å². The first-order valence-electron chi connectivity index (χ1n) is 25.9. The van der Waals surface area contributed by atoms with Gasteiger partial charge in [-0.15, -0.1) is 0 Å². The molecule has 63 heavy (non-hydrogen) atoms. The van der Waals surface area contributed by atoms with Gasteiger partial charge in [-0.3, -0.25) is 18.7 Å². The Bertz CT molecular complexity index is 3860. The van der Waals surface area contributed by atoms with Crippen LogP contribution < -0.4 is 10.4 Å². The van der Waals surface area contributed by atoms with Gasteiger partial charge < -0.3 is 4.74 Å². The molecular formula is C57H51N5O. The zero-order valence-electron chi connectivity index (χ0n) is 46.2. The summed E-state index contributed by atoms with van der Waals surface area (Å²) in [5, 5.41) is 2.12. The average Bonchev–Trinajstić information content (AvgIpc) is 3.88. The second-order valence-electron chi connectivity index (χ2n) is 17.6. The van der Waals surface area contributed by atoms with Crippen LogP contribution in [0.2, 0.25) is 0 Å². The lowest BCUT2D eigenvalue weighted by Gasteiger charge is -2.22. The van der Waals surface area contributed by atoms with Crippen molar-refractivity contribution < 1.29 is 18.4 Å². The van der Waals surface area contributed by atoms with Crippen molar-refractivity contribution in [3.05, 3.63) is 199 Å². The van der Waals surface area contributed by atoms with E-state index in [9.17, 15) is 0 Å². The molecule has 6 nitrogen and oxygen atoms in total. The Hall–Kier alpha value is -7.44. The van der Waals surface area contributed by atoms with E-state index >= 15 is 0 Å². The minimum absolute atomic E-state index is 0.101. The van der Waals surface area contributed by atoms with Crippen molar-refractivity contribution in [3.8, 4) is 50.9 Å². The number of nitrogens with zero attached hydrogens (tertiary/aromatic N) is 5. The van der Waals surface area contributed by atoms with Crippen LogP contribution in [-0.2, 0) is 10.8 Å². The molecule has 7 aromatic carbocycles. The molecule has 0 spiro atoms. The number of benzene rings is 7. The van der Waals surface area contributed by atoms with Gasteiger partial charge in [0.25, 0.3) is 0 Å². The summed E-state index contributed by atoms with van der Waals surface area (Å²) in [6, 6.07) is 31.6. The Morgan fingerprint density at radius 2 is 1.13 bits per heavy atom. The van der Waals surface area contributed by atoms with Gasteiger partial charge in [0.2, 0.25) is 5.62 Å². The van der Waals surface area contributed by atoms with E-state index in [-0.39, 0.29) is 33.4 Å². The Balaban J connectivity index is 1.24. The molecule has 0 saturated heterocycles. The highest BCUT2D eigenvalue weighted by Gasteiger charge is 2.24. The van der Waals surface area contributed by atoms with Crippen LogP contribution in [0.5, 0.6) is 11.5 Å². The van der Waals surface area contributed by atoms with E-state index in [4.69, 9.17) is 28.4 Å². The van der Waals surface area contributed by atoms with Gasteiger partial charge in [-0.2, -0.15) is 0 Å². The summed E-state index contributed by atoms with van der Waals surface area (Å²) in [5.41, 5.74) is 5.91. The van der Waals surface area contributed by atoms with Crippen molar-refractivity contribution in [2.45, 2.75) is 52.4 Å². The van der Waals surface area contributed by atoms with E-state index in [0.29, 0.717) is 33.8 Å². The predicted octanol–water partition coefficient (Wildman–Crippen LogP) is 14.2. The third kappa shape index (κ3) is 7.11. The molecule has 3 heterocycles. The summed E-state index contributed by atoms with van der Waals surface area (Å²) < 4.78 is 101. The van der Waals surface area contributed by atoms with Crippen molar-refractivity contribution in [2.75, 3.05) is 7.05 Å². The molecule has 0 radical (unpaired) electrons. The molecular weight excluding hydrogens is 771 g/mol. The molecule has 0 saturated carbocycles. The summed E-state index contributed by atoms with van der Waals surface area (Å²) in [7, 11) is 1.62. The number of ether oxygens (including phenoxy) is 1. The fourth-order valence-electron chi connectivity index (χ4n) is 8.40. The second-order valence-corrected chi connectivity index (χ2v) is 17.6. The molecule has 0 unspecified atom stereocenters. The van der Waals surface area contributed by atoms with Crippen LogP contribution in [0.1, 0.15) is 66.4 Å². The van der Waals surface area contributed by atoms with Crippen LogP contribution in [-0.4, -0.2) is 25.7 Å². The molecule has 310 valence electrons.